The molecule has 0 aliphatic rings. The van der Waals surface area contributed by atoms with Crippen LogP contribution >= 0.6 is 11.3 Å². The van der Waals surface area contributed by atoms with E-state index < -0.39 is 11.9 Å². The lowest BCUT2D eigenvalue weighted by atomic mass is 10.2. The highest BCUT2D eigenvalue weighted by Crippen LogP contribution is 2.19. The van der Waals surface area contributed by atoms with Crippen molar-refractivity contribution < 1.29 is 19.4 Å². The highest BCUT2D eigenvalue weighted by Gasteiger charge is 2.07. The zero-order valence-electron chi connectivity index (χ0n) is 8.31. The van der Waals surface area contributed by atoms with E-state index in [1.54, 1.807) is 19.1 Å². The van der Waals surface area contributed by atoms with Crippen LogP contribution in [0.2, 0.25) is 0 Å². The first-order chi connectivity index (χ1) is 7.04. The molecule has 1 heterocycles. The maximum Gasteiger partial charge on any atom is 0.345 e. The van der Waals surface area contributed by atoms with E-state index in [1.807, 2.05) is 0 Å². The predicted molar refractivity (Wildman–Crippen MR) is 56.9 cm³/mol. The van der Waals surface area contributed by atoms with Crippen molar-refractivity contribution in [3.8, 4) is 0 Å². The highest BCUT2D eigenvalue weighted by atomic mass is 32.1. The molecule has 15 heavy (non-hydrogen) atoms. The van der Waals surface area contributed by atoms with Gasteiger partial charge in [-0.15, -0.1) is 11.3 Å². The maximum absolute atomic E-state index is 11.1. The Bertz CT molecular complexity index is 417. The lowest BCUT2D eigenvalue weighted by Crippen LogP contribution is -2.00. The molecule has 0 unspecified atom stereocenters. The van der Waals surface area contributed by atoms with Crippen molar-refractivity contribution >= 4 is 29.4 Å². The molecular weight excluding hydrogens is 216 g/mol. The summed E-state index contributed by atoms with van der Waals surface area (Å²) in [6, 6.07) is 3.16. The highest BCUT2D eigenvalue weighted by molar-refractivity contribution is 7.14. The monoisotopic (exact) mass is 226 g/mol. The van der Waals surface area contributed by atoms with E-state index in [1.165, 1.54) is 13.2 Å². The molecule has 4 nitrogen and oxygen atoms in total. The maximum atomic E-state index is 11.1. The van der Waals surface area contributed by atoms with Gasteiger partial charge in [-0.05, 0) is 25.1 Å². The molecule has 1 aromatic rings. The van der Waals surface area contributed by atoms with Crippen LogP contribution in [0.5, 0.6) is 0 Å². The third-order valence-electron chi connectivity index (χ3n) is 1.70. The predicted octanol–water partition coefficient (Wildman–Crippen LogP) is 2.02. The second-order valence-corrected chi connectivity index (χ2v) is 3.94. The Labute approximate surface area is 90.8 Å². The number of carboxylic acids is 1. The molecule has 0 spiro atoms. The SMILES string of the molecule is COC(=O)/C(C)=C/c1ccc(C(=O)O)s1. The van der Waals surface area contributed by atoms with Gasteiger partial charge in [0.1, 0.15) is 4.88 Å². The van der Waals surface area contributed by atoms with Crippen LogP contribution in [-0.2, 0) is 9.53 Å². The van der Waals surface area contributed by atoms with E-state index in [4.69, 9.17) is 5.11 Å². The molecule has 5 heteroatoms. The van der Waals surface area contributed by atoms with Crippen molar-refractivity contribution in [1.29, 1.82) is 0 Å². The van der Waals surface area contributed by atoms with Gasteiger partial charge in [-0.2, -0.15) is 0 Å². The number of esters is 1. The zero-order valence-corrected chi connectivity index (χ0v) is 9.13. The van der Waals surface area contributed by atoms with Crippen molar-refractivity contribution in [3.63, 3.8) is 0 Å². The van der Waals surface area contributed by atoms with E-state index in [9.17, 15) is 9.59 Å². The summed E-state index contributed by atoms with van der Waals surface area (Å²) in [5.41, 5.74) is 0.441. The third kappa shape index (κ3) is 2.92. The molecule has 1 rings (SSSR count). The molecule has 0 saturated carbocycles. The summed E-state index contributed by atoms with van der Waals surface area (Å²) in [5.74, 6) is -1.38. The second-order valence-electron chi connectivity index (χ2n) is 2.83. The first kappa shape index (κ1) is 11.5. The fourth-order valence-corrected chi connectivity index (χ4v) is 1.83. The van der Waals surface area contributed by atoms with Crippen molar-refractivity contribution in [3.05, 3.63) is 27.5 Å². The van der Waals surface area contributed by atoms with Crippen molar-refractivity contribution in [2.45, 2.75) is 6.92 Å². The molecule has 0 aliphatic carbocycles. The van der Waals surface area contributed by atoms with Gasteiger partial charge in [0.2, 0.25) is 0 Å². The molecular formula is C10H10O4S. The number of rotatable bonds is 3. The normalized spacial score (nSPS) is 11.2. The number of hydrogen-bond donors (Lipinski definition) is 1. The smallest absolute Gasteiger partial charge is 0.345 e. The molecule has 80 valence electrons. The van der Waals surface area contributed by atoms with Crippen LogP contribution in [0, 0.1) is 0 Å². The van der Waals surface area contributed by atoms with Gasteiger partial charge in [0, 0.05) is 10.5 Å². The molecule has 0 radical (unpaired) electrons. The van der Waals surface area contributed by atoms with Gasteiger partial charge in [-0.1, -0.05) is 0 Å². The summed E-state index contributed by atoms with van der Waals surface area (Å²) >= 11 is 1.11. The van der Waals surface area contributed by atoms with Crippen molar-refractivity contribution in [2.24, 2.45) is 0 Å². The number of hydrogen-bond acceptors (Lipinski definition) is 4. The Balaban J connectivity index is 2.89. The number of carbonyl (C=O) groups excluding carboxylic acids is 1. The zero-order chi connectivity index (χ0) is 11.4. The minimum Gasteiger partial charge on any atom is -0.477 e. The summed E-state index contributed by atoms with van der Waals surface area (Å²) in [6.45, 7) is 1.62. The quantitative estimate of drug-likeness (QED) is 0.632. The van der Waals surface area contributed by atoms with Crippen molar-refractivity contribution in [2.75, 3.05) is 7.11 Å². The summed E-state index contributed by atoms with van der Waals surface area (Å²) < 4.78 is 4.52. The van der Waals surface area contributed by atoms with Gasteiger partial charge in [-0.3, -0.25) is 0 Å². The molecule has 0 amide bonds. The van der Waals surface area contributed by atoms with E-state index in [0.29, 0.717) is 5.57 Å². The molecule has 1 N–H and O–H groups in total. The Morgan fingerprint density at radius 3 is 2.60 bits per heavy atom. The average molecular weight is 226 g/mol. The Hall–Kier alpha value is -1.62. The Morgan fingerprint density at radius 2 is 2.13 bits per heavy atom. The van der Waals surface area contributed by atoms with Crippen LogP contribution in [-0.4, -0.2) is 24.2 Å². The summed E-state index contributed by atoms with van der Waals surface area (Å²) in [4.78, 5) is 22.6. The van der Waals surface area contributed by atoms with Crippen LogP contribution in [0.3, 0.4) is 0 Å². The lowest BCUT2D eigenvalue weighted by molar-refractivity contribution is -0.135. The first-order valence-corrected chi connectivity index (χ1v) is 4.96. The summed E-state index contributed by atoms with van der Waals surface area (Å²) in [6.07, 6.45) is 1.60. The summed E-state index contributed by atoms with van der Waals surface area (Å²) in [5, 5.41) is 8.69. The van der Waals surface area contributed by atoms with Crippen molar-refractivity contribution in [1.82, 2.24) is 0 Å². The number of carbonyl (C=O) groups is 2. The van der Waals surface area contributed by atoms with Gasteiger partial charge in [-0.25, -0.2) is 9.59 Å². The van der Waals surface area contributed by atoms with Gasteiger partial charge in [0.25, 0.3) is 0 Å². The number of aromatic carboxylic acids is 1. The molecule has 0 fully saturated rings. The molecule has 0 aromatic carbocycles. The Morgan fingerprint density at radius 1 is 1.47 bits per heavy atom. The first-order valence-electron chi connectivity index (χ1n) is 4.14. The van der Waals surface area contributed by atoms with E-state index >= 15 is 0 Å². The number of ether oxygens (including phenoxy) is 1. The van der Waals surface area contributed by atoms with E-state index in [0.717, 1.165) is 16.2 Å². The minimum absolute atomic E-state index is 0.249. The topological polar surface area (TPSA) is 63.6 Å². The standard InChI is InChI=1S/C10H10O4S/c1-6(10(13)14-2)5-7-3-4-8(15-7)9(11)12/h3-5H,1-2H3,(H,11,12)/b6-5+. The molecule has 0 saturated heterocycles. The number of carboxylic acid groups (broad SMARTS) is 1. The second kappa shape index (κ2) is 4.75. The third-order valence-corrected chi connectivity index (χ3v) is 2.72. The van der Waals surface area contributed by atoms with E-state index in [2.05, 4.69) is 4.74 Å². The average Bonchev–Trinajstić information content (AvgIpc) is 2.65. The minimum atomic E-state index is -0.963. The van der Waals surface area contributed by atoms with Gasteiger partial charge in [0.15, 0.2) is 0 Å². The van der Waals surface area contributed by atoms with Gasteiger partial charge in [0.05, 0.1) is 7.11 Å². The van der Waals surface area contributed by atoms with Gasteiger partial charge < -0.3 is 9.84 Å². The fourth-order valence-electron chi connectivity index (χ4n) is 0.979. The fraction of sp³-hybridized carbons (Fsp3) is 0.200. The van der Waals surface area contributed by atoms with E-state index in [-0.39, 0.29) is 4.88 Å². The summed E-state index contributed by atoms with van der Waals surface area (Å²) in [7, 11) is 1.30. The van der Waals surface area contributed by atoms with Crippen LogP contribution < -0.4 is 0 Å². The van der Waals surface area contributed by atoms with Gasteiger partial charge >= 0.3 is 11.9 Å². The van der Waals surface area contributed by atoms with Crippen LogP contribution in [0.4, 0.5) is 0 Å². The van der Waals surface area contributed by atoms with Crippen LogP contribution in [0.25, 0.3) is 6.08 Å². The number of thiophene rings is 1. The molecule has 0 aliphatic heterocycles. The number of methoxy groups -OCH3 is 1. The molecule has 0 atom stereocenters. The van der Waals surface area contributed by atoms with Crippen LogP contribution in [0.1, 0.15) is 21.5 Å². The molecule has 0 bridgehead atoms. The lowest BCUT2D eigenvalue weighted by Gasteiger charge is -1.96. The van der Waals surface area contributed by atoms with Crippen LogP contribution in [0.15, 0.2) is 17.7 Å². The largest absolute Gasteiger partial charge is 0.477 e. The molecule has 1 aromatic heterocycles. The Kier molecular flexibility index (Phi) is 3.62.